The molecule has 4 heteroatoms. The lowest BCUT2D eigenvalue weighted by Gasteiger charge is -2.12. The van der Waals surface area contributed by atoms with Crippen molar-refractivity contribution in [1.29, 1.82) is 5.41 Å². The minimum atomic E-state index is 0.478. The monoisotopic (exact) mass is 353 g/mol. The molecule has 0 spiro atoms. The summed E-state index contributed by atoms with van der Waals surface area (Å²) in [4.78, 5) is 4.44. The van der Waals surface area contributed by atoms with Crippen molar-refractivity contribution in [3.8, 4) is 5.75 Å². The molecule has 26 heavy (non-hydrogen) atoms. The number of anilines is 1. The maximum atomic E-state index is 8.56. The highest BCUT2D eigenvalue weighted by molar-refractivity contribution is 6.13. The molecule has 0 saturated heterocycles. The van der Waals surface area contributed by atoms with E-state index in [1.165, 1.54) is 32.1 Å². The highest BCUT2D eigenvalue weighted by Gasteiger charge is 2.11. The average molecular weight is 354 g/mol. The molecule has 2 rings (SSSR count). The predicted octanol–water partition coefficient (Wildman–Crippen LogP) is 5.67. The molecule has 1 aromatic carbocycles. The lowest BCUT2D eigenvalue weighted by Crippen LogP contribution is -2.10. The summed E-state index contributed by atoms with van der Waals surface area (Å²) in [7, 11) is 0. The molecule has 4 nitrogen and oxygen atoms in total. The molecule has 0 saturated carbocycles. The summed E-state index contributed by atoms with van der Waals surface area (Å²) in [5.41, 5.74) is 2.18. The van der Waals surface area contributed by atoms with Crippen molar-refractivity contribution in [2.45, 2.75) is 52.4 Å². The van der Waals surface area contributed by atoms with Crippen LogP contribution >= 0.6 is 0 Å². The van der Waals surface area contributed by atoms with Crippen molar-refractivity contribution in [2.24, 2.45) is 0 Å². The summed E-state index contributed by atoms with van der Waals surface area (Å²) < 4.78 is 5.48. The summed E-state index contributed by atoms with van der Waals surface area (Å²) in [6.45, 7) is 5.75. The van der Waals surface area contributed by atoms with Crippen LogP contribution in [0.25, 0.3) is 0 Å². The summed E-state index contributed by atoms with van der Waals surface area (Å²) in [5.74, 6) is 1.62. The van der Waals surface area contributed by atoms with Crippen molar-refractivity contribution in [1.82, 2.24) is 4.98 Å². The molecule has 0 aliphatic heterocycles. The maximum Gasteiger partial charge on any atom is 0.135 e. The molecule has 0 aliphatic rings. The molecule has 0 unspecified atom stereocenters. The van der Waals surface area contributed by atoms with Gasteiger partial charge in [0.05, 0.1) is 12.3 Å². The number of unbranched alkanes of at least 4 members (excludes halogenated alkanes) is 5. The SMILES string of the molecule is CCCCCCCCNc1ncccc1C(=N)c1ccc(OCC)cc1. The van der Waals surface area contributed by atoms with Crippen molar-refractivity contribution < 1.29 is 4.74 Å². The topological polar surface area (TPSA) is 58.0 Å². The first-order valence-corrected chi connectivity index (χ1v) is 9.77. The normalized spacial score (nSPS) is 10.5. The zero-order valence-corrected chi connectivity index (χ0v) is 16.1. The Morgan fingerprint density at radius 3 is 2.46 bits per heavy atom. The number of pyridine rings is 1. The molecule has 0 amide bonds. The van der Waals surface area contributed by atoms with Crippen LogP contribution in [0.2, 0.25) is 0 Å². The van der Waals surface area contributed by atoms with E-state index in [9.17, 15) is 0 Å². The number of hydrogen-bond donors (Lipinski definition) is 2. The number of nitrogens with one attached hydrogen (secondary N) is 2. The molecule has 0 aliphatic carbocycles. The summed E-state index contributed by atoms with van der Waals surface area (Å²) in [6.07, 6.45) is 9.39. The van der Waals surface area contributed by atoms with Crippen LogP contribution in [0, 0.1) is 5.41 Å². The Bertz CT molecular complexity index is 667. The van der Waals surface area contributed by atoms with Crippen LogP contribution in [-0.2, 0) is 0 Å². The van der Waals surface area contributed by atoms with Crippen molar-refractivity contribution in [3.63, 3.8) is 0 Å². The van der Waals surface area contributed by atoms with Crippen LogP contribution in [-0.4, -0.2) is 23.8 Å². The van der Waals surface area contributed by atoms with Crippen molar-refractivity contribution in [2.75, 3.05) is 18.5 Å². The van der Waals surface area contributed by atoms with E-state index >= 15 is 0 Å². The maximum absolute atomic E-state index is 8.56. The molecule has 2 N–H and O–H groups in total. The Morgan fingerprint density at radius 2 is 1.73 bits per heavy atom. The second-order valence-corrected chi connectivity index (χ2v) is 6.43. The first-order valence-electron chi connectivity index (χ1n) is 9.77. The van der Waals surface area contributed by atoms with Gasteiger partial charge in [-0.15, -0.1) is 0 Å². The summed E-state index contributed by atoms with van der Waals surface area (Å²) in [6, 6.07) is 11.5. The Balaban J connectivity index is 1.93. The number of nitrogens with zero attached hydrogens (tertiary/aromatic N) is 1. The first-order chi connectivity index (χ1) is 12.8. The van der Waals surface area contributed by atoms with Gasteiger partial charge in [-0.3, -0.25) is 5.41 Å². The summed E-state index contributed by atoms with van der Waals surface area (Å²) >= 11 is 0. The van der Waals surface area contributed by atoms with Gasteiger partial charge in [0, 0.05) is 23.9 Å². The van der Waals surface area contributed by atoms with Gasteiger partial charge in [-0.1, -0.05) is 39.0 Å². The lowest BCUT2D eigenvalue weighted by molar-refractivity contribution is 0.340. The van der Waals surface area contributed by atoms with Crippen molar-refractivity contribution in [3.05, 3.63) is 53.7 Å². The molecule has 140 valence electrons. The molecular weight excluding hydrogens is 322 g/mol. The Hall–Kier alpha value is -2.36. The van der Waals surface area contributed by atoms with E-state index < -0.39 is 0 Å². The van der Waals surface area contributed by atoms with Gasteiger partial charge < -0.3 is 10.1 Å². The molecule has 1 heterocycles. The minimum Gasteiger partial charge on any atom is -0.494 e. The first kappa shape index (κ1) is 20.0. The third-order valence-corrected chi connectivity index (χ3v) is 4.35. The number of hydrogen-bond acceptors (Lipinski definition) is 4. The minimum absolute atomic E-state index is 0.478. The average Bonchev–Trinajstić information content (AvgIpc) is 2.68. The molecule has 2 aromatic rings. The second kappa shape index (κ2) is 11.3. The molecular formula is C22H31N3O. The van der Waals surface area contributed by atoms with Crippen molar-refractivity contribution >= 4 is 11.5 Å². The number of rotatable bonds is 12. The molecule has 0 atom stereocenters. The molecule has 1 aromatic heterocycles. The van der Waals surface area contributed by atoms with Crippen LogP contribution < -0.4 is 10.1 Å². The third kappa shape index (κ3) is 6.17. The van der Waals surface area contributed by atoms with Gasteiger partial charge >= 0.3 is 0 Å². The zero-order valence-electron chi connectivity index (χ0n) is 16.1. The third-order valence-electron chi connectivity index (χ3n) is 4.35. The van der Waals surface area contributed by atoms with E-state index in [4.69, 9.17) is 10.1 Å². The van der Waals surface area contributed by atoms with Crippen LogP contribution in [0.3, 0.4) is 0 Å². The fourth-order valence-electron chi connectivity index (χ4n) is 2.90. The van der Waals surface area contributed by atoms with Crippen LogP contribution in [0.15, 0.2) is 42.6 Å². The fraction of sp³-hybridized carbons (Fsp3) is 0.455. The Morgan fingerprint density at radius 1 is 1.00 bits per heavy atom. The van der Waals surface area contributed by atoms with E-state index in [1.807, 2.05) is 43.3 Å². The summed E-state index contributed by atoms with van der Waals surface area (Å²) in [5, 5.41) is 12.0. The predicted molar refractivity (Wildman–Crippen MR) is 110 cm³/mol. The van der Waals surface area contributed by atoms with E-state index in [1.54, 1.807) is 6.20 Å². The number of benzene rings is 1. The quantitative estimate of drug-likeness (QED) is 0.382. The highest BCUT2D eigenvalue weighted by atomic mass is 16.5. The largest absolute Gasteiger partial charge is 0.494 e. The second-order valence-electron chi connectivity index (χ2n) is 6.43. The highest BCUT2D eigenvalue weighted by Crippen LogP contribution is 2.19. The number of ether oxygens (including phenoxy) is 1. The Kier molecular flexibility index (Phi) is 8.67. The molecule has 0 fully saturated rings. The van der Waals surface area contributed by atoms with Gasteiger partial charge in [0.25, 0.3) is 0 Å². The standard InChI is InChI=1S/C22H31N3O/c1-3-5-6-7-8-9-16-24-22-20(11-10-17-25-22)21(23)18-12-14-19(15-13-18)26-4-2/h10-15,17,23H,3-9,16H2,1-2H3,(H,24,25). The van der Waals surface area contributed by atoms with E-state index in [0.29, 0.717) is 12.3 Å². The van der Waals surface area contributed by atoms with Crippen LogP contribution in [0.1, 0.15) is 63.5 Å². The van der Waals surface area contributed by atoms with Gasteiger partial charge in [-0.05, 0) is 49.7 Å². The van der Waals surface area contributed by atoms with E-state index in [2.05, 4.69) is 17.2 Å². The number of aromatic nitrogens is 1. The zero-order chi connectivity index (χ0) is 18.6. The lowest BCUT2D eigenvalue weighted by atomic mass is 10.0. The van der Waals surface area contributed by atoms with Gasteiger partial charge in [-0.25, -0.2) is 4.98 Å². The van der Waals surface area contributed by atoms with Gasteiger partial charge in [-0.2, -0.15) is 0 Å². The van der Waals surface area contributed by atoms with E-state index in [0.717, 1.165) is 35.7 Å². The molecule has 0 radical (unpaired) electrons. The van der Waals surface area contributed by atoms with Crippen LogP contribution in [0.4, 0.5) is 5.82 Å². The van der Waals surface area contributed by atoms with E-state index in [-0.39, 0.29) is 0 Å². The molecule has 0 bridgehead atoms. The van der Waals surface area contributed by atoms with Crippen LogP contribution in [0.5, 0.6) is 5.75 Å². The van der Waals surface area contributed by atoms with Gasteiger partial charge in [0.2, 0.25) is 0 Å². The Labute approximate surface area is 157 Å². The smallest absolute Gasteiger partial charge is 0.135 e. The fourth-order valence-corrected chi connectivity index (χ4v) is 2.90. The van der Waals surface area contributed by atoms with Gasteiger partial charge in [0.1, 0.15) is 11.6 Å². The van der Waals surface area contributed by atoms with Gasteiger partial charge in [0.15, 0.2) is 0 Å².